The van der Waals surface area contributed by atoms with Gasteiger partial charge >= 0.3 is 0 Å². The van der Waals surface area contributed by atoms with E-state index in [0.29, 0.717) is 33.0 Å². The number of nitrogens with one attached hydrogen (secondary N) is 1. The monoisotopic (exact) mass is 271 g/mol. The molecule has 1 N–H and O–H groups in total. The van der Waals surface area contributed by atoms with Crippen LogP contribution in [0.1, 0.15) is 31.8 Å². The Balaban J connectivity index is 2.37. The summed E-state index contributed by atoms with van der Waals surface area (Å²) in [6, 6.07) is 10.1. The maximum absolute atomic E-state index is 12.6. The van der Waals surface area contributed by atoms with Gasteiger partial charge in [0.2, 0.25) is 0 Å². The molecule has 0 amide bonds. The summed E-state index contributed by atoms with van der Waals surface area (Å²) in [4.78, 5) is 25.0. The Morgan fingerprint density at radius 1 is 0.895 bits per heavy atom. The molecule has 0 spiro atoms. The average Bonchev–Trinajstić information content (AvgIpc) is 2.43. The van der Waals surface area contributed by atoms with Crippen molar-refractivity contribution in [3.05, 3.63) is 63.7 Å². The molecule has 0 atom stereocenters. The second-order valence-electron chi connectivity index (χ2n) is 4.30. The maximum atomic E-state index is 12.6. The first-order chi connectivity index (χ1) is 9.15. The molecule has 3 nitrogen and oxygen atoms in total. The lowest BCUT2D eigenvalue weighted by molar-refractivity contribution is 0.0980. The molecule has 3 rings (SSSR count). The number of hydrogen-bond acceptors (Lipinski definition) is 3. The molecular formula is C15H10ClNO2. The summed E-state index contributed by atoms with van der Waals surface area (Å²) in [5.41, 5.74) is 2.13. The molecule has 4 heteroatoms. The van der Waals surface area contributed by atoms with E-state index in [1.165, 1.54) is 0 Å². The predicted molar refractivity (Wildman–Crippen MR) is 74.3 cm³/mol. The van der Waals surface area contributed by atoms with Gasteiger partial charge in [-0.2, -0.15) is 0 Å². The van der Waals surface area contributed by atoms with E-state index in [4.69, 9.17) is 11.6 Å². The van der Waals surface area contributed by atoms with Crippen molar-refractivity contribution in [2.75, 3.05) is 12.4 Å². The third-order valence-corrected chi connectivity index (χ3v) is 3.61. The number of fused-ring (bicyclic) bond motifs is 2. The van der Waals surface area contributed by atoms with Crippen LogP contribution in [0.15, 0.2) is 36.4 Å². The van der Waals surface area contributed by atoms with Crippen LogP contribution in [-0.4, -0.2) is 18.6 Å². The maximum Gasteiger partial charge on any atom is 0.198 e. The summed E-state index contributed by atoms with van der Waals surface area (Å²) in [5, 5.41) is 3.25. The Hall–Kier alpha value is -2.13. The van der Waals surface area contributed by atoms with Crippen LogP contribution >= 0.6 is 11.6 Å². The lowest BCUT2D eigenvalue weighted by atomic mass is 9.83. The summed E-state index contributed by atoms with van der Waals surface area (Å²) >= 11 is 6.07. The number of ketones is 2. The van der Waals surface area contributed by atoms with E-state index in [1.54, 1.807) is 43.4 Å². The summed E-state index contributed by atoms with van der Waals surface area (Å²) in [6.45, 7) is 0. The van der Waals surface area contributed by atoms with Crippen LogP contribution < -0.4 is 5.32 Å². The molecule has 1 aliphatic carbocycles. The van der Waals surface area contributed by atoms with Crippen molar-refractivity contribution in [1.29, 1.82) is 0 Å². The smallest absolute Gasteiger partial charge is 0.198 e. The first-order valence-corrected chi connectivity index (χ1v) is 6.21. The highest BCUT2D eigenvalue weighted by Crippen LogP contribution is 2.34. The summed E-state index contributed by atoms with van der Waals surface area (Å²) < 4.78 is 0. The summed E-state index contributed by atoms with van der Waals surface area (Å²) in [5.74, 6) is -0.371. The SMILES string of the molecule is CNc1cccc2c1C(=O)c1c(Cl)cccc1C2=O. The summed E-state index contributed by atoms with van der Waals surface area (Å²) in [6.07, 6.45) is 0. The van der Waals surface area contributed by atoms with Gasteiger partial charge < -0.3 is 5.32 Å². The van der Waals surface area contributed by atoms with Crippen molar-refractivity contribution in [3.63, 3.8) is 0 Å². The molecule has 0 saturated carbocycles. The number of benzene rings is 2. The molecule has 0 heterocycles. The van der Waals surface area contributed by atoms with E-state index < -0.39 is 0 Å². The molecule has 0 fully saturated rings. The van der Waals surface area contributed by atoms with Crippen LogP contribution in [0, 0.1) is 0 Å². The molecule has 19 heavy (non-hydrogen) atoms. The number of anilines is 1. The highest BCUT2D eigenvalue weighted by molar-refractivity contribution is 6.39. The largest absolute Gasteiger partial charge is 0.388 e. The third kappa shape index (κ3) is 1.59. The Labute approximate surface area is 115 Å². The normalized spacial score (nSPS) is 12.9. The second kappa shape index (κ2) is 4.21. The fraction of sp³-hybridized carbons (Fsp3) is 0.0667. The Morgan fingerprint density at radius 3 is 2.21 bits per heavy atom. The quantitative estimate of drug-likeness (QED) is 0.739. The zero-order chi connectivity index (χ0) is 13.6. The topological polar surface area (TPSA) is 46.2 Å². The van der Waals surface area contributed by atoms with Gasteiger partial charge in [-0.15, -0.1) is 0 Å². The number of hydrogen-bond donors (Lipinski definition) is 1. The lowest BCUT2D eigenvalue weighted by Crippen LogP contribution is -2.22. The van der Waals surface area contributed by atoms with Gasteiger partial charge in [0.15, 0.2) is 11.6 Å². The zero-order valence-corrected chi connectivity index (χ0v) is 10.9. The van der Waals surface area contributed by atoms with E-state index in [2.05, 4.69) is 5.32 Å². The molecule has 2 aromatic rings. The molecule has 2 aromatic carbocycles. The van der Waals surface area contributed by atoms with Crippen LogP contribution in [0.3, 0.4) is 0 Å². The van der Waals surface area contributed by atoms with E-state index in [9.17, 15) is 9.59 Å². The Morgan fingerprint density at radius 2 is 1.53 bits per heavy atom. The van der Waals surface area contributed by atoms with Gasteiger partial charge in [0.05, 0.1) is 16.1 Å². The standard InChI is InChI=1S/C15H10ClNO2/c1-17-11-7-3-5-9-13(11)15(19)12-8(14(9)18)4-2-6-10(12)16/h2-7,17H,1H3. The lowest BCUT2D eigenvalue weighted by Gasteiger charge is -2.20. The Bertz CT molecular complexity index is 722. The van der Waals surface area contributed by atoms with Crippen molar-refractivity contribution < 1.29 is 9.59 Å². The summed E-state index contributed by atoms with van der Waals surface area (Å²) in [7, 11) is 1.72. The fourth-order valence-electron chi connectivity index (χ4n) is 2.41. The van der Waals surface area contributed by atoms with Gasteiger partial charge in [0.1, 0.15) is 0 Å². The molecule has 94 valence electrons. The Kier molecular flexibility index (Phi) is 2.64. The van der Waals surface area contributed by atoms with Gasteiger partial charge in [0.25, 0.3) is 0 Å². The van der Waals surface area contributed by atoms with Gasteiger partial charge in [0, 0.05) is 23.9 Å². The molecule has 0 unspecified atom stereocenters. The van der Waals surface area contributed by atoms with Gasteiger partial charge in [-0.3, -0.25) is 9.59 Å². The second-order valence-corrected chi connectivity index (χ2v) is 4.71. The molecule has 0 radical (unpaired) electrons. The van der Waals surface area contributed by atoms with Gasteiger partial charge in [-0.1, -0.05) is 35.9 Å². The minimum Gasteiger partial charge on any atom is -0.388 e. The van der Waals surface area contributed by atoms with Crippen molar-refractivity contribution in [2.45, 2.75) is 0 Å². The van der Waals surface area contributed by atoms with Crippen LogP contribution in [0.25, 0.3) is 0 Å². The van der Waals surface area contributed by atoms with E-state index in [1.807, 2.05) is 0 Å². The van der Waals surface area contributed by atoms with Gasteiger partial charge in [-0.05, 0) is 12.1 Å². The van der Waals surface area contributed by atoms with E-state index >= 15 is 0 Å². The molecule has 1 aliphatic rings. The molecule has 0 bridgehead atoms. The highest BCUT2D eigenvalue weighted by Gasteiger charge is 2.32. The molecule has 0 aliphatic heterocycles. The van der Waals surface area contributed by atoms with Crippen LogP contribution in [0.5, 0.6) is 0 Å². The zero-order valence-electron chi connectivity index (χ0n) is 10.2. The third-order valence-electron chi connectivity index (χ3n) is 3.29. The van der Waals surface area contributed by atoms with Crippen molar-refractivity contribution in [1.82, 2.24) is 0 Å². The fourth-order valence-corrected chi connectivity index (χ4v) is 2.67. The van der Waals surface area contributed by atoms with Crippen LogP contribution in [0.4, 0.5) is 5.69 Å². The van der Waals surface area contributed by atoms with Crippen molar-refractivity contribution >= 4 is 28.9 Å². The molecule has 0 saturated heterocycles. The highest BCUT2D eigenvalue weighted by atomic mass is 35.5. The number of halogens is 1. The first-order valence-electron chi connectivity index (χ1n) is 5.84. The van der Waals surface area contributed by atoms with E-state index in [0.717, 1.165) is 0 Å². The number of carbonyl (C=O) groups is 2. The molecule has 0 aromatic heterocycles. The van der Waals surface area contributed by atoms with E-state index in [-0.39, 0.29) is 11.6 Å². The predicted octanol–water partition coefficient (Wildman–Crippen LogP) is 3.16. The molecular weight excluding hydrogens is 262 g/mol. The number of rotatable bonds is 1. The minimum absolute atomic E-state index is 0.163. The first kappa shape index (κ1) is 11.9. The average molecular weight is 272 g/mol. The van der Waals surface area contributed by atoms with Crippen LogP contribution in [0.2, 0.25) is 5.02 Å². The number of carbonyl (C=O) groups excluding carboxylic acids is 2. The van der Waals surface area contributed by atoms with Gasteiger partial charge in [-0.25, -0.2) is 0 Å². The van der Waals surface area contributed by atoms with Crippen LogP contribution in [-0.2, 0) is 0 Å². The minimum atomic E-state index is -0.208. The van der Waals surface area contributed by atoms with Crippen molar-refractivity contribution in [3.8, 4) is 0 Å². The van der Waals surface area contributed by atoms with Crippen molar-refractivity contribution in [2.24, 2.45) is 0 Å².